The Hall–Kier alpha value is -0.430. The van der Waals surface area contributed by atoms with Gasteiger partial charge in [-0.25, -0.2) is 8.78 Å². The summed E-state index contributed by atoms with van der Waals surface area (Å²) < 4.78 is 70.9. The zero-order chi connectivity index (χ0) is 15.1. The molecule has 116 valence electrons. The first kappa shape index (κ1) is 14.5. The maximum Gasteiger partial charge on any atom is 0.449 e. The van der Waals surface area contributed by atoms with Crippen LogP contribution in [0, 0.1) is 23.7 Å². The van der Waals surface area contributed by atoms with E-state index in [1.165, 1.54) is 0 Å². The highest BCUT2D eigenvalue weighted by atomic mass is 19.4. The first-order valence-corrected chi connectivity index (χ1v) is 6.81. The van der Waals surface area contributed by atoms with Crippen LogP contribution >= 0.6 is 0 Å². The van der Waals surface area contributed by atoms with Gasteiger partial charge in [0, 0.05) is 6.42 Å². The molecule has 0 amide bonds. The number of rotatable bonds is 0. The van der Waals surface area contributed by atoms with E-state index in [0.29, 0.717) is 12.3 Å². The quantitative estimate of drug-likeness (QED) is 0.695. The summed E-state index contributed by atoms with van der Waals surface area (Å²) in [6.07, 6.45) is -5.77. The molecule has 1 aliphatic heterocycles. The molecule has 2 aliphatic carbocycles. The minimum absolute atomic E-state index is 0.0279. The largest absolute Gasteiger partial charge is 0.449 e. The number of alkyl halides is 5. The zero-order valence-electron chi connectivity index (χ0n) is 11.2. The predicted molar refractivity (Wildman–Crippen MR) is 58.9 cm³/mol. The highest BCUT2D eigenvalue weighted by molar-refractivity contribution is 5.16. The summed E-state index contributed by atoms with van der Waals surface area (Å²) in [7, 11) is 0. The third kappa shape index (κ3) is 1.51. The van der Waals surface area contributed by atoms with Gasteiger partial charge in [-0.05, 0) is 36.5 Å². The number of aliphatic hydroxyl groups is 1. The average Bonchev–Trinajstić information content (AvgIpc) is 2.81. The van der Waals surface area contributed by atoms with Gasteiger partial charge >= 0.3 is 17.9 Å². The van der Waals surface area contributed by atoms with Crippen LogP contribution in [0.5, 0.6) is 0 Å². The second kappa shape index (κ2) is 3.66. The third-order valence-corrected chi connectivity index (χ3v) is 5.80. The number of halogens is 5. The van der Waals surface area contributed by atoms with Crippen molar-refractivity contribution in [2.75, 3.05) is 0 Å². The zero-order valence-corrected chi connectivity index (χ0v) is 11.2. The molecule has 0 aromatic rings. The minimum atomic E-state index is -5.50. The van der Waals surface area contributed by atoms with Crippen LogP contribution in [0.25, 0.3) is 0 Å². The lowest BCUT2D eigenvalue weighted by Gasteiger charge is -2.40. The van der Waals surface area contributed by atoms with Gasteiger partial charge in [0.05, 0.1) is 5.60 Å². The van der Waals surface area contributed by atoms with E-state index in [9.17, 15) is 27.1 Å². The maximum absolute atomic E-state index is 13.8. The lowest BCUT2D eigenvalue weighted by Crippen LogP contribution is -2.57. The molecule has 0 aromatic carbocycles. The Morgan fingerprint density at radius 2 is 1.75 bits per heavy atom. The standard InChI is InChI=1S/C13H17F5O2/c1-6-7(2)9-3-8(6)4-10(9)5-11(14,15)12(19,20-10)13(16,17)18/h6-9,19H,3-5H2,1-2H3. The Morgan fingerprint density at radius 1 is 1.15 bits per heavy atom. The first-order valence-electron chi connectivity index (χ1n) is 6.81. The fourth-order valence-corrected chi connectivity index (χ4v) is 4.60. The maximum atomic E-state index is 13.8. The summed E-state index contributed by atoms with van der Waals surface area (Å²) in [6.45, 7) is 3.86. The van der Waals surface area contributed by atoms with E-state index in [-0.39, 0.29) is 24.2 Å². The van der Waals surface area contributed by atoms with Gasteiger partial charge in [0.2, 0.25) is 0 Å². The summed E-state index contributed by atoms with van der Waals surface area (Å²) in [5, 5.41) is 9.46. The van der Waals surface area contributed by atoms with Crippen molar-refractivity contribution >= 4 is 0 Å². The van der Waals surface area contributed by atoms with Gasteiger partial charge in [0.15, 0.2) is 0 Å². The van der Waals surface area contributed by atoms with Crippen LogP contribution in [0.3, 0.4) is 0 Å². The van der Waals surface area contributed by atoms with Gasteiger partial charge in [0.1, 0.15) is 0 Å². The molecule has 2 nitrogen and oxygen atoms in total. The second-order valence-electron chi connectivity index (χ2n) is 6.71. The van der Waals surface area contributed by atoms with E-state index in [0.717, 1.165) is 0 Å². The van der Waals surface area contributed by atoms with Crippen LogP contribution < -0.4 is 0 Å². The smallest absolute Gasteiger partial charge is 0.354 e. The summed E-state index contributed by atoms with van der Waals surface area (Å²) in [5.41, 5.74) is -1.54. The fraction of sp³-hybridized carbons (Fsp3) is 1.00. The Morgan fingerprint density at radius 3 is 2.15 bits per heavy atom. The van der Waals surface area contributed by atoms with Crippen molar-refractivity contribution in [2.24, 2.45) is 23.7 Å². The molecule has 1 N–H and O–H groups in total. The molecule has 1 saturated heterocycles. The predicted octanol–water partition coefficient (Wildman–Crippen LogP) is 3.34. The summed E-state index contributed by atoms with van der Waals surface area (Å²) in [5.74, 6) is -8.58. The van der Waals surface area contributed by atoms with E-state index in [2.05, 4.69) is 0 Å². The van der Waals surface area contributed by atoms with Crippen molar-refractivity contribution in [3.8, 4) is 0 Å². The second-order valence-corrected chi connectivity index (χ2v) is 6.71. The van der Waals surface area contributed by atoms with Crippen LogP contribution in [0.15, 0.2) is 0 Å². The molecule has 1 spiro atoms. The van der Waals surface area contributed by atoms with Gasteiger partial charge in [-0.2, -0.15) is 13.2 Å². The molecule has 0 aromatic heterocycles. The Balaban J connectivity index is 1.97. The molecule has 0 radical (unpaired) electrons. The van der Waals surface area contributed by atoms with E-state index in [1.807, 2.05) is 13.8 Å². The molecule has 3 rings (SSSR count). The summed E-state index contributed by atoms with van der Waals surface area (Å²) in [4.78, 5) is 0. The van der Waals surface area contributed by atoms with Crippen molar-refractivity contribution in [3.05, 3.63) is 0 Å². The normalized spacial score (nSPS) is 54.0. The van der Waals surface area contributed by atoms with Crippen LogP contribution in [0.4, 0.5) is 22.0 Å². The first-order chi connectivity index (χ1) is 8.94. The Labute approximate surface area is 113 Å². The average molecular weight is 300 g/mol. The van der Waals surface area contributed by atoms with E-state index < -0.39 is 29.9 Å². The van der Waals surface area contributed by atoms with Gasteiger partial charge in [0.25, 0.3) is 0 Å². The number of fused-ring (bicyclic) bond motifs is 3. The molecule has 20 heavy (non-hydrogen) atoms. The molecule has 3 aliphatic rings. The van der Waals surface area contributed by atoms with Crippen LogP contribution in [0.1, 0.15) is 33.1 Å². The monoisotopic (exact) mass is 300 g/mol. The lowest BCUT2D eigenvalue weighted by atomic mass is 9.71. The molecule has 6 atom stereocenters. The van der Waals surface area contributed by atoms with Crippen molar-refractivity contribution < 1.29 is 31.8 Å². The highest BCUT2D eigenvalue weighted by Gasteiger charge is 2.81. The fourth-order valence-electron chi connectivity index (χ4n) is 4.60. The molecule has 1 heterocycles. The molecule has 3 fully saturated rings. The molecule has 2 saturated carbocycles. The van der Waals surface area contributed by atoms with Crippen LogP contribution in [-0.4, -0.2) is 28.6 Å². The molecule has 2 bridgehead atoms. The van der Waals surface area contributed by atoms with Gasteiger partial charge in [-0.15, -0.1) is 0 Å². The molecule has 6 unspecified atom stereocenters. The van der Waals surface area contributed by atoms with Gasteiger partial charge < -0.3 is 9.84 Å². The number of hydrogen-bond acceptors (Lipinski definition) is 2. The van der Waals surface area contributed by atoms with E-state index >= 15 is 0 Å². The number of hydrogen-bond donors (Lipinski definition) is 1. The van der Waals surface area contributed by atoms with Crippen molar-refractivity contribution in [1.82, 2.24) is 0 Å². The van der Waals surface area contributed by atoms with E-state index in [1.54, 1.807) is 0 Å². The Kier molecular flexibility index (Phi) is 2.66. The third-order valence-electron chi connectivity index (χ3n) is 5.80. The lowest BCUT2D eigenvalue weighted by molar-refractivity contribution is -0.416. The topological polar surface area (TPSA) is 29.5 Å². The van der Waals surface area contributed by atoms with Crippen LogP contribution in [-0.2, 0) is 4.74 Å². The Bertz CT molecular complexity index is 435. The van der Waals surface area contributed by atoms with E-state index in [4.69, 9.17) is 4.74 Å². The van der Waals surface area contributed by atoms with Crippen molar-refractivity contribution in [3.63, 3.8) is 0 Å². The van der Waals surface area contributed by atoms with Gasteiger partial charge in [-0.1, -0.05) is 13.8 Å². The van der Waals surface area contributed by atoms with Crippen molar-refractivity contribution in [1.29, 1.82) is 0 Å². The highest BCUT2D eigenvalue weighted by Crippen LogP contribution is 2.67. The summed E-state index contributed by atoms with van der Waals surface area (Å²) >= 11 is 0. The van der Waals surface area contributed by atoms with Gasteiger partial charge in [-0.3, -0.25) is 0 Å². The SMILES string of the molecule is CC1C2CC(C1C)C1(C2)CC(F)(F)C(O)(C(F)(F)F)O1. The minimum Gasteiger partial charge on any atom is -0.354 e. The summed E-state index contributed by atoms with van der Waals surface area (Å²) in [6, 6.07) is 0. The number of ether oxygens (including phenoxy) is 1. The van der Waals surface area contributed by atoms with Crippen LogP contribution in [0.2, 0.25) is 0 Å². The molecule has 7 heteroatoms. The van der Waals surface area contributed by atoms with Crippen molar-refractivity contribution in [2.45, 2.75) is 56.6 Å². The molecular weight excluding hydrogens is 283 g/mol. The molecular formula is C13H17F5O2.